The molecule has 2 aliphatic heterocycles. The van der Waals surface area contributed by atoms with Gasteiger partial charge in [0.2, 0.25) is 0 Å². The van der Waals surface area contributed by atoms with Crippen LogP contribution in [0.3, 0.4) is 0 Å². The lowest BCUT2D eigenvalue weighted by Crippen LogP contribution is -2.67. The van der Waals surface area contributed by atoms with Crippen LogP contribution in [0.1, 0.15) is 56.8 Å². The Balaban J connectivity index is 1.31. The molecule has 0 bridgehead atoms. The number of hydrogen-bond acceptors (Lipinski definition) is 9. The summed E-state index contributed by atoms with van der Waals surface area (Å²) in [4.78, 5) is 39.5. The van der Waals surface area contributed by atoms with Gasteiger partial charge in [-0.3, -0.25) is 0 Å². The summed E-state index contributed by atoms with van der Waals surface area (Å²) < 4.78 is 36.8. The van der Waals surface area contributed by atoms with Crippen LogP contribution < -0.4 is 0 Å². The number of rotatable bonds is 7. The van der Waals surface area contributed by atoms with Gasteiger partial charge in [-0.15, -0.1) is 0 Å². The van der Waals surface area contributed by atoms with Crippen molar-refractivity contribution in [1.29, 1.82) is 0 Å². The molecule has 1 saturated carbocycles. The normalized spacial score (nSPS) is 28.4. The Hall–Kier alpha value is -4.05. The fourth-order valence-corrected chi connectivity index (χ4v) is 5.64. The molecule has 2 heterocycles. The molecule has 9 nitrogen and oxygen atoms in total. The second kappa shape index (κ2) is 12.9. The molecule has 0 spiro atoms. The fourth-order valence-electron chi connectivity index (χ4n) is 5.64. The van der Waals surface area contributed by atoms with Crippen LogP contribution in [0.5, 0.6) is 0 Å². The average Bonchev–Trinajstić information content (AvgIpc) is 3.05. The smallest absolute Gasteiger partial charge is 0.338 e. The van der Waals surface area contributed by atoms with E-state index in [1.807, 2.05) is 0 Å². The third-order valence-corrected chi connectivity index (χ3v) is 7.77. The molecule has 218 valence electrons. The molecule has 3 aromatic rings. The van der Waals surface area contributed by atoms with E-state index in [9.17, 15) is 14.4 Å². The molecule has 0 unspecified atom stereocenters. The predicted molar refractivity (Wildman–Crippen MR) is 149 cm³/mol. The first-order valence-corrected chi connectivity index (χ1v) is 14.3. The Kier molecular flexibility index (Phi) is 8.60. The van der Waals surface area contributed by atoms with Gasteiger partial charge >= 0.3 is 17.9 Å². The van der Waals surface area contributed by atoms with E-state index in [4.69, 9.17) is 28.4 Å². The number of ether oxygens (including phenoxy) is 6. The fraction of sp³-hybridized carbons (Fsp3) is 0.364. The van der Waals surface area contributed by atoms with Crippen molar-refractivity contribution in [3.8, 4) is 0 Å². The molecule has 0 aromatic heterocycles. The first-order valence-electron chi connectivity index (χ1n) is 14.3. The van der Waals surface area contributed by atoms with Gasteiger partial charge in [0.05, 0.1) is 28.9 Å². The summed E-state index contributed by atoms with van der Waals surface area (Å²) >= 11 is 0. The van der Waals surface area contributed by atoms with Gasteiger partial charge in [-0.1, -0.05) is 67.4 Å². The third-order valence-electron chi connectivity index (χ3n) is 7.77. The number of carbonyl (C=O) groups is 3. The number of fused-ring (bicyclic) bond motifs is 2. The highest BCUT2D eigenvalue weighted by molar-refractivity contribution is 5.91. The van der Waals surface area contributed by atoms with E-state index in [1.54, 1.807) is 91.0 Å². The van der Waals surface area contributed by atoms with Crippen molar-refractivity contribution < 1.29 is 42.8 Å². The quantitative estimate of drug-likeness (QED) is 0.293. The second-order valence-electron chi connectivity index (χ2n) is 10.6. The number of esters is 3. The highest BCUT2D eigenvalue weighted by Crippen LogP contribution is 2.39. The Morgan fingerprint density at radius 1 is 0.595 bits per heavy atom. The van der Waals surface area contributed by atoms with E-state index in [2.05, 4.69) is 0 Å². The molecule has 0 N–H and O–H groups in total. The lowest BCUT2D eigenvalue weighted by atomic mass is 9.91. The SMILES string of the molecule is O=C(OC[C@H]1O[C@H]2O[C@H]3CCCC[C@@H]3O[C@@H]2[C@@H](OC(=O)c2ccccc2)[C@@H]1OC(=O)c1ccccc1)c1ccccc1. The maximum absolute atomic E-state index is 13.3. The lowest BCUT2D eigenvalue weighted by molar-refractivity contribution is -0.368. The van der Waals surface area contributed by atoms with Gasteiger partial charge < -0.3 is 28.4 Å². The van der Waals surface area contributed by atoms with Crippen LogP contribution in [0.2, 0.25) is 0 Å². The first-order chi connectivity index (χ1) is 20.6. The molecule has 3 aliphatic rings. The molecular formula is C33H32O9. The zero-order valence-electron chi connectivity index (χ0n) is 22.9. The monoisotopic (exact) mass is 572 g/mol. The largest absolute Gasteiger partial charge is 0.459 e. The van der Waals surface area contributed by atoms with Gasteiger partial charge in [0.15, 0.2) is 18.5 Å². The zero-order chi connectivity index (χ0) is 28.9. The molecule has 3 aromatic carbocycles. The Bertz CT molecular complexity index is 1360. The van der Waals surface area contributed by atoms with Gasteiger partial charge in [0, 0.05) is 0 Å². The molecule has 6 rings (SSSR count). The van der Waals surface area contributed by atoms with E-state index in [1.165, 1.54) is 0 Å². The molecule has 2 saturated heterocycles. The summed E-state index contributed by atoms with van der Waals surface area (Å²) in [5.41, 5.74) is 0.993. The average molecular weight is 573 g/mol. The Labute approximate surface area is 243 Å². The van der Waals surface area contributed by atoms with Gasteiger partial charge in [0.1, 0.15) is 18.8 Å². The summed E-state index contributed by atoms with van der Waals surface area (Å²) in [5, 5.41) is 0. The highest BCUT2D eigenvalue weighted by atomic mass is 16.8. The number of benzene rings is 3. The third kappa shape index (κ3) is 6.23. The maximum Gasteiger partial charge on any atom is 0.338 e. The zero-order valence-corrected chi connectivity index (χ0v) is 22.9. The summed E-state index contributed by atoms with van der Waals surface area (Å²) in [6.45, 7) is -0.277. The van der Waals surface area contributed by atoms with Gasteiger partial charge in [0.25, 0.3) is 0 Å². The van der Waals surface area contributed by atoms with Crippen molar-refractivity contribution in [3.63, 3.8) is 0 Å². The van der Waals surface area contributed by atoms with E-state index in [0.717, 1.165) is 25.7 Å². The van der Waals surface area contributed by atoms with Crippen molar-refractivity contribution in [2.24, 2.45) is 0 Å². The highest BCUT2D eigenvalue weighted by Gasteiger charge is 2.56. The minimum atomic E-state index is -1.17. The number of hydrogen-bond donors (Lipinski definition) is 0. The van der Waals surface area contributed by atoms with Crippen LogP contribution in [0.25, 0.3) is 0 Å². The lowest BCUT2D eigenvalue weighted by Gasteiger charge is -2.51. The van der Waals surface area contributed by atoms with Crippen LogP contribution in [-0.2, 0) is 28.4 Å². The standard InChI is InChI=1S/C33H32O9/c34-30(21-12-4-1-5-13-21)37-20-26-27(41-31(35)22-14-6-2-7-15-22)28(42-32(36)23-16-8-3-9-17-23)29-33(40-26)39-25-19-11-10-18-24(25)38-29/h1-9,12-17,24-29,33H,10-11,18-20H2/t24-,25-,26+,27+,28-,29+,33+/m0/s1. The van der Waals surface area contributed by atoms with E-state index >= 15 is 0 Å². The predicted octanol–water partition coefficient (Wildman–Crippen LogP) is 4.75. The summed E-state index contributed by atoms with van der Waals surface area (Å²) in [5.74, 6) is -1.83. The minimum absolute atomic E-state index is 0.179. The van der Waals surface area contributed by atoms with Crippen molar-refractivity contribution in [2.75, 3.05) is 6.61 Å². The van der Waals surface area contributed by atoms with Crippen molar-refractivity contribution in [1.82, 2.24) is 0 Å². The topological polar surface area (TPSA) is 107 Å². The molecule has 3 fully saturated rings. The molecule has 0 amide bonds. The van der Waals surface area contributed by atoms with E-state index in [0.29, 0.717) is 16.7 Å². The molecular weight excluding hydrogens is 540 g/mol. The summed E-state index contributed by atoms with van der Waals surface area (Å²) in [6, 6.07) is 25.5. The van der Waals surface area contributed by atoms with Crippen LogP contribution in [0, 0.1) is 0 Å². The van der Waals surface area contributed by atoms with Crippen molar-refractivity contribution in [2.45, 2.75) is 68.6 Å². The minimum Gasteiger partial charge on any atom is -0.459 e. The van der Waals surface area contributed by atoms with E-state index in [-0.39, 0.29) is 18.8 Å². The molecule has 7 atom stereocenters. The van der Waals surface area contributed by atoms with Crippen LogP contribution in [-0.4, -0.2) is 67.4 Å². The molecule has 9 heteroatoms. The Morgan fingerprint density at radius 2 is 1.07 bits per heavy atom. The van der Waals surface area contributed by atoms with Crippen LogP contribution in [0.15, 0.2) is 91.0 Å². The summed E-state index contributed by atoms with van der Waals surface area (Å²) in [6.07, 6.45) is -1.87. The van der Waals surface area contributed by atoms with Crippen molar-refractivity contribution >= 4 is 17.9 Å². The first kappa shape index (κ1) is 28.1. The van der Waals surface area contributed by atoms with Crippen LogP contribution in [0.4, 0.5) is 0 Å². The van der Waals surface area contributed by atoms with Gasteiger partial charge in [-0.2, -0.15) is 0 Å². The van der Waals surface area contributed by atoms with Gasteiger partial charge in [-0.05, 0) is 49.2 Å². The second-order valence-corrected chi connectivity index (χ2v) is 10.6. The number of carbonyl (C=O) groups excluding carboxylic acids is 3. The Morgan fingerprint density at radius 3 is 1.62 bits per heavy atom. The van der Waals surface area contributed by atoms with Crippen LogP contribution >= 0.6 is 0 Å². The maximum atomic E-state index is 13.3. The van der Waals surface area contributed by atoms with Crippen molar-refractivity contribution in [3.05, 3.63) is 108 Å². The molecule has 0 radical (unpaired) electrons. The molecule has 42 heavy (non-hydrogen) atoms. The van der Waals surface area contributed by atoms with Gasteiger partial charge in [-0.25, -0.2) is 14.4 Å². The molecule has 1 aliphatic carbocycles. The van der Waals surface area contributed by atoms with E-state index < -0.39 is 48.6 Å². The summed E-state index contributed by atoms with van der Waals surface area (Å²) in [7, 11) is 0.